The number of aromatic nitrogens is 2. The lowest BCUT2D eigenvalue weighted by molar-refractivity contribution is 0.0299. The zero-order valence-electron chi connectivity index (χ0n) is 12.8. The predicted octanol–water partition coefficient (Wildman–Crippen LogP) is 3.52. The molecule has 1 atom stereocenters. The van der Waals surface area contributed by atoms with E-state index in [-0.39, 0.29) is 12.1 Å². The molecule has 2 rings (SSSR count). The molecule has 0 aliphatic carbocycles. The van der Waals surface area contributed by atoms with E-state index in [1.807, 2.05) is 35.9 Å². The Hall–Kier alpha value is -2.10. The van der Waals surface area contributed by atoms with Gasteiger partial charge in [0.15, 0.2) is 0 Å². The quantitative estimate of drug-likeness (QED) is 0.763. The Balaban J connectivity index is 2.01. The molecule has 0 spiro atoms. The van der Waals surface area contributed by atoms with Crippen molar-refractivity contribution in [2.75, 3.05) is 0 Å². The maximum absolute atomic E-state index is 12.1. The first-order valence-electron chi connectivity index (χ1n) is 7.30. The van der Waals surface area contributed by atoms with Gasteiger partial charge in [-0.1, -0.05) is 26.0 Å². The molecule has 0 amide bonds. The van der Waals surface area contributed by atoms with Gasteiger partial charge in [0.05, 0.1) is 18.0 Å². The SMILES string of the molecule is CC(C)C[C@@H](C)OC(=O)c1cccc(Cn2ccnc2)c1. The molecule has 1 heterocycles. The average molecular weight is 286 g/mol. The molecule has 1 aromatic carbocycles. The summed E-state index contributed by atoms with van der Waals surface area (Å²) in [6.45, 7) is 6.88. The van der Waals surface area contributed by atoms with E-state index in [4.69, 9.17) is 4.74 Å². The highest BCUT2D eigenvalue weighted by molar-refractivity contribution is 5.89. The van der Waals surface area contributed by atoms with Gasteiger partial charge >= 0.3 is 5.97 Å². The predicted molar refractivity (Wildman–Crippen MR) is 82.1 cm³/mol. The zero-order chi connectivity index (χ0) is 15.2. The summed E-state index contributed by atoms with van der Waals surface area (Å²) < 4.78 is 7.44. The molecule has 0 aliphatic heterocycles. The molecule has 4 nitrogen and oxygen atoms in total. The lowest BCUT2D eigenvalue weighted by Gasteiger charge is -2.15. The Morgan fingerprint density at radius 2 is 2.14 bits per heavy atom. The molecule has 4 heteroatoms. The first kappa shape index (κ1) is 15.3. The molecule has 2 aromatic rings. The van der Waals surface area contributed by atoms with Crippen molar-refractivity contribution in [3.8, 4) is 0 Å². The van der Waals surface area contributed by atoms with Crippen LogP contribution in [-0.4, -0.2) is 21.6 Å². The topological polar surface area (TPSA) is 44.1 Å². The van der Waals surface area contributed by atoms with E-state index in [1.54, 1.807) is 18.6 Å². The Morgan fingerprint density at radius 3 is 2.81 bits per heavy atom. The third-order valence-electron chi connectivity index (χ3n) is 3.20. The van der Waals surface area contributed by atoms with Gasteiger partial charge in [0.25, 0.3) is 0 Å². The van der Waals surface area contributed by atoms with Crippen LogP contribution in [0.4, 0.5) is 0 Å². The summed E-state index contributed by atoms with van der Waals surface area (Å²) in [6.07, 6.45) is 6.22. The van der Waals surface area contributed by atoms with E-state index in [2.05, 4.69) is 18.8 Å². The number of carbonyl (C=O) groups is 1. The van der Waals surface area contributed by atoms with Gasteiger partial charge < -0.3 is 9.30 Å². The van der Waals surface area contributed by atoms with Crippen LogP contribution in [0.1, 0.15) is 43.1 Å². The van der Waals surface area contributed by atoms with Crippen molar-refractivity contribution in [3.05, 3.63) is 54.1 Å². The summed E-state index contributed by atoms with van der Waals surface area (Å²) in [5.41, 5.74) is 1.65. The summed E-state index contributed by atoms with van der Waals surface area (Å²) >= 11 is 0. The molecule has 0 unspecified atom stereocenters. The van der Waals surface area contributed by atoms with E-state index in [1.165, 1.54) is 0 Å². The van der Waals surface area contributed by atoms with E-state index < -0.39 is 0 Å². The van der Waals surface area contributed by atoms with Gasteiger partial charge in [-0.15, -0.1) is 0 Å². The maximum Gasteiger partial charge on any atom is 0.338 e. The van der Waals surface area contributed by atoms with Crippen molar-refractivity contribution < 1.29 is 9.53 Å². The number of hydrogen-bond acceptors (Lipinski definition) is 3. The average Bonchev–Trinajstić information content (AvgIpc) is 2.90. The van der Waals surface area contributed by atoms with Crippen molar-refractivity contribution in [1.82, 2.24) is 9.55 Å². The molecular formula is C17H22N2O2. The van der Waals surface area contributed by atoms with Crippen LogP contribution in [0.25, 0.3) is 0 Å². The Kier molecular flexibility index (Phi) is 5.14. The van der Waals surface area contributed by atoms with E-state index in [9.17, 15) is 4.79 Å². The molecule has 21 heavy (non-hydrogen) atoms. The highest BCUT2D eigenvalue weighted by atomic mass is 16.5. The van der Waals surface area contributed by atoms with Crippen LogP contribution in [0.15, 0.2) is 43.0 Å². The third-order valence-corrected chi connectivity index (χ3v) is 3.20. The second-order valence-corrected chi connectivity index (χ2v) is 5.78. The molecule has 0 saturated carbocycles. The first-order valence-corrected chi connectivity index (χ1v) is 7.30. The minimum absolute atomic E-state index is 0.0604. The van der Waals surface area contributed by atoms with Crippen molar-refractivity contribution in [1.29, 1.82) is 0 Å². The molecule has 1 aromatic heterocycles. The lowest BCUT2D eigenvalue weighted by Crippen LogP contribution is -2.17. The van der Waals surface area contributed by atoms with Crippen LogP contribution in [0.2, 0.25) is 0 Å². The van der Waals surface area contributed by atoms with Crippen LogP contribution in [0.5, 0.6) is 0 Å². The van der Waals surface area contributed by atoms with Gasteiger partial charge in [0.2, 0.25) is 0 Å². The van der Waals surface area contributed by atoms with Crippen molar-refractivity contribution in [2.24, 2.45) is 5.92 Å². The summed E-state index contributed by atoms with van der Waals surface area (Å²) in [4.78, 5) is 16.2. The van der Waals surface area contributed by atoms with Gasteiger partial charge in [0, 0.05) is 18.9 Å². The van der Waals surface area contributed by atoms with Crippen LogP contribution < -0.4 is 0 Å². The Labute approximate surface area is 125 Å². The highest BCUT2D eigenvalue weighted by Gasteiger charge is 2.13. The first-order chi connectivity index (χ1) is 10.0. The minimum Gasteiger partial charge on any atom is -0.459 e. The normalized spacial score (nSPS) is 12.4. The van der Waals surface area contributed by atoms with Gasteiger partial charge in [-0.2, -0.15) is 0 Å². The van der Waals surface area contributed by atoms with Crippen molar-refractivity contribution in [3.63, 3.8) is 0 Å². The van der Waals surface area contributed by atoms with E-state index >= 15 is 0 Å². The molecular weight excluding hydrogens is 264 g/mol. The van der Waals surface area contributed by atoms with Gasteiger partial charge in [-0.3, -0.25) is 0 Å². The second-order valence-electron chi connectivity index (χ2n) is 5.78. The number of rotatable bonds is 6. The van der Waals surface area contributed by atoms with Crippen LogP contribution >= 0.6 is 0 Å². The fourth-order valence-electron chi connectivity index (χ4n) is 2.35. The van der Waals surface area contributed by atoms with E-state index in [0.29, 0.717) is 18.0 Å². The van der Waals surface area contributed by atoms with Crippen LogP contribution in [0.3, 0.4) is 0 Å². The molecule has 0 aliphatic rings. The fraction of sp³-hybridized carbons (Fsp3) is 0.412. The minimum atomic E-state index is -0.254. The molecule has 0 N–H and O–H groups in total. The summed E-state index contributed by atoms with van der Waals surface area (Å²) in [7, 11) is 0. The van der Waals surface area contributed by atoms with Gasteiger partial charge in [-0.25, -0.2) is 9.78 Å². The summed E-state index contributed by atoms with van der Waals surface area (Å²) in [6, 6.07) is 7.55. The summed E-state index contributed by atoms with van der Waals surface area (Å²) in [5.74, 6) is 0.260. The molecule has 0 fully saturated rings. The molecule has 0 saturated heterocycles. The monoisotopic (exact) mass is 286 g/mol. The third kappa shape index (κ3) is 4.74. The van der Waals surface area contributed by atoms with Crippen LogP contribution in [0, 0.1) is 5.92 Å². The molecule has 112 valence electrons. The smallest absolute Gasteiger partial charge is 0.338 e. The number of imidazole rings is 1. The number of ether oxygens (including phenoxy) is 1. The molecule has 0 bridgehead atoms. The van der Waals surface area contributed by atoms with Gasteiger partial charge in [-0.05, 0) is 37.0 Å². The zero-order valence-corrected chi connectivity index (χ0v) is 12.8. The Bertz CT molecular complexity index is 576. The number of carbonyl (C=O) groups excluding carboxylic acids is 1. The number of esters is 1. The highest BCUT2D eigenvalue weighted by Crippen LogP contribution is 2.13. The van der Waals surface area contributed by atoms with Crippen molar-refractivity contribution in [2.45, 2.75) is 39.8 Å². The number of hydrogen-bond donors (Lipinski definition) is 0. The standard InChI is InChI=1S/C17H22N2O2/c1-13(2)9-14(3)21-17(20)16-6-4-5-15(10-16)11-19-8-7-18-12-19/h4-8,10,12-14H,9,11H2,1-3H3/t14-/m1/s1. The largest absolute Gasteiger partial charge is 0.459 e. The number of benzene rings is 1. The summed E-state index contributed by atoms with van der Waals surface area (Å²) in [5, 5.41) is 0. The number of nitrogens with zero attached hydrogens (tertiary/aromatic N) is 2. The van der Waals surface area contributed by atoms with Crippen LogP contribution in [-0.2, 0) is 11.3 Å². The van der Waals surface area contributed by atoms with Gasteiger partial charge in [0.1, 0.15) is 0 Å². The second kappa shape index (κ2) is 7.07. The molecule has 0 radical (unpaired) electrons. The maximum atomic E-state index is 12.1. The van der Waals surface area contributed by atoms with Crippen molar-refractivity contribution >= 4 is 5.97 Å². The lowest BCUT2D eigenvalue weighted by atomic mass is 10.1. The Morgan fingerprint density at radius 1 is 1.33 bits per heavy atom. The fourth-order valence-corrected chi connectivity index (χ4v) is 2.35. The van der Waals surface area contributed by atoms with E-state index in [0.717, 1.165) is 12.0 Å².